The van der Waals surface area contributed by atoms with Gasteiger partial charge in [-0.15, -0.1) is 0 Å². The molecule has 0 spiro atoms. The van der Waals surface area contributed by atoms with Crippen molar-refractivity contribution in [2.75, 3.05) is 0 Å². The quantitative estimate of drug-likeness (QED) is 0.634. The van der Waals surface area contributed by atoms with Gasteiger partial charge in [-0.25, -0.2) is 0 Å². The Morgan fingerprint density at radius 1 is 1.29 bits per heavy atom. The second-order valence-electron chi connectivity index (χ2n) is 4.67. The fraction of sp³-hybridized carbons (Fsp3) is 1.00. The number of halogens is 2. The molecule has 14 heavy (non-hydrogen) atoms. The molecule has 0 aliphatic heterocycles. The van der Waals surface area contributed by atoms with E-state index in [-0.39, 0.29) is 6.10 Å². The molecule has 1 aliphatic carbocycles. The van der Waals surface area contributed by atoms with Gasteiger partial charge in [0.25, 0.3) is 0 Å². The minimum Gasteiger partial charge on any atom is -0.328 e. The summed E-state index contributed by atoms with van der Waals surface area (Å²) in [5.41, 5.74) is 0. The zero-order valence-corrected chi connectivity index (χ0v) is 11.4. The van der Waals surface area contributed by atoms with Crippen LogP contribution in [0.1, 0.15) is 40.0 Å². The highest BCUT2D eigenvalue weighted by Crippen LogP contribution is 2.52. The molecular formula is C10H19Cl2OP. The van der Waals surface area contributed by atoms with Gasteiger partial charge in [0.15, 0.2) is 0 Å². The van der Waals surface area contributed by atoms with E-state index in [2.05, 4.69) is 20.8 Å². The van der Waals surface area contributed by atoms with Crippen molar-refractivity contribution in [1.29, 1.82) is 0 Å². The van der Waals surface area contributed by atoms with Crippen molar-refractivity contribution in [2.45, 2.75) is 46.1 Å². The average Bonchev–Trinajstić information content (AvgIpc) is 2.01. The summed E-state index contributed by atoms with van der Waals surface area (Å²) in [7, 11) is 0. The SMILES string of the molecule is CC(C)[C@H]1CC[C@@H](C)C[C@H]1OP(Cl)Cl. The molecule has 4 heteroatoms. The summed E-state index contributed by atoms with van der Waals surface area (Å²) in [6, 6.07) is 0. The highest BCUT2D eigenvalue weighted by Gasteiger charge is 2.32. The molecule has 0 N–H and O–H groups in total. The van der Waals surface area contributed by atoms with Crippen LogP contribution in [0.2, 0.25) is 0 Å². The molecule has 1 rings (SSSR count). The largest absolute Gasteiger partial charge is 0.328 e. The van der Waals surface area contributed by atoms with Crippen molar-refractivity contribution < 1.29 is 4.52 Å². The lowest BCUT2D eigenvalue weighted by Crippen LogP contribution is -2.32. The van der Waals surface area contributed by atoms with E-state index in [4.69, 9.17) is 27.0 Å². The summed E-state index contributed by atoms with van der Waals surface area (Å²) in [5, 5.41) is 0. The van der Waals surface area contributed by atoms with Crippen LogP contribution < -0.4 is 0 Å². The van der Waals surface area contributed by atoms with Gasteiger partial charge in [-0.05, 0) is 53.1 Å². The van der Waals surface area contributed by atoms with E-state index in [0.717, 1.165) is 12.3 Å². The number of rotatable bonds is 3. The maximum Gasteiger partial charge on any atom is 0.225 e. The summed E-state index contributed by atoms with van der Waals surface area (Å²) in [4.78, 5) is 0. The average molecular weight is 257 g/mol. The molecule has 1 saturated carbocycles. The van der Waals surface area contributed by atoms with Crippen LogP contribution in [0.4, 0.5) is 0 Å². The highest BCUT2D eigenvalue weighted by atomic mass is 35.9. The van der Waals surface area contributed by atoms with Crippen molar-refractivity contribution in [3.8, 4) is 0 Å². The molecule has 0 saturated heterocycles. The molecule has 1 nitrogen and oxygen atoms in total. The number of hydrogen-bond acceptors (Lipinski definition) is 1. The molecular weight excluding hydrogens is 238 g/mol. The number of hydrogen-bond donors (Lipinski definition) is 0. The molecule has 0 aromatic rings. The van der Waals surface area contributed by atoms with Gasteiger partial charge < -0.3 is 4.52 Å². The van der Waals surface area contributed by atoms with E-state index < -0.39 is 6.85 Å². The van der Waals surface area contributed by atoms with E-state index in [1.165, 1.54) is 12.8 Å². The zero-order valence-electron chi connectivity index (χ0n) is 9.04. The van der Waals surface area contributed by atoms with Crippen LogP contribution in [0.3, 0.4) is 0 Å². The fourth-order valence-corrected chi connectivity index (χ4v) is 3.40. The minimum atomic E-state index is -1.25. The van der Waals surface area contributed by atoms with E-state index >= 15 is 0 Å². The standard InChI is InChI=1S/C10H19Cl2OP/c1-7(2)9-5-4-8(3)6-10(9)13-14(11)12/h7-10H,4-6H2,1-3H3/t8-,9-,10-/m1/s1. The van der Waals surface area contributed by atoms with Gasteiger partial charge in [0.05, 0.1) is 6.10 Å². The van der Waals surface area contributed by atoms with Gasteiger partial charge in [0, 0.05) is 0 Å². The van der Waals surface area contributed by atoms with Crippen molar-refractivity contribution in [3.63, 3.8) is 0 Å². The van der Waals surface area contributed by atoms with Crippen LogP contribution >= 0.6 is 29.3 Å². The van der Waals surface area contributed by atoms with Gasteiger partial charge >= 0.3 is 0 Å². The predicted molar refractivity (Wildman–Crippen MR) is 64.8 cm³/mol. The lowest BCUT2D eigenvalue weighted by molar-refractivity contribution is 0.0590. The third-order valence-corrected chi connectivity index (χ3v) is 4.08. The van der Waals surface area contributed by atoms with E-state index in [1.54, 1.807) is 0 Å². The van der Waals surface area contributed by atoms with Gasteiger partial charge in [-0.1, -0.05) is 27.2 Å². The van der Waals surface area contributed by atoms with Crippen LogP contribution in [0, 0.1) is 17.8 Å². The second-order valence-corrected chi connectivity index (χ2v) is 7.65. The molecule has 1 aliphatic rings. The van der Waals surface area contributed by atoms with Crippen LogP contribution in [0.25, 0.3) is 0 Å². The van der Waals surface area contributed by atoms with Crippen molar-refractivity contribution >= 4 is 29.3 Å². The van der Waals surface area contributed by atoms with Crippen LogP contribution in [-0.4, -0.2) is 6.10 Å². The molecule has 0 amide bonds. The Labute approximate surface area is 97.9 Å². The fourth-order valence-electron chi connectivity index (χ4n) is 2.34. The summed E-state index contributed by atoms with van der Waals surface area (Å²) >= 11 is 11.5. The van der Waals surface area contributed by atoms with Crippen molar-refractivity contribution in [1.82, 2.24) is 0 Å². The van der Waals surface area contributed by atoms with Crippen LogP contribution in [0.15, 0.2) is 0 Å². The van der Waals surface area contributed by atoms with Gasteiger partial charge in [-0.3, -0.25) is 0 Å². The lowest BCUT2D eigenvalue weighted by atomic mass is 9.75. The first-order valence-electron chi connectivity index (χ1n) is 5.29. The predicted octanol–water partition coefficient (Wildman–Crippen LogP) is 5.17. The monoisotopic (exact) mass is 256 g/mol. The molecule has 0 radical (unpaired) electrons. The maximum absolute atomic E-state index is 5.74. The van der Waals surface area contributed by atoms with E-state index in [1.807, 2.05) is 0 Å². The normalized spacial score (nSPS) is 34.1. The third-order valence-electron chi connectivity index (χ3n) is 3.18. The maximum atomic E-state index is 5.74. The molecule has 3 atom stereocenters. The van der Waals surface area contributed by atoms with Gasteiger partial charge in [0.2, 0.25) is 6.85 Å². The van der Waals surface area contributed by atoms with Crippen molar-refractivity contribution in [2.24, 2.45) is 17.8 Å². The molecule has 0 aromatic carbocycles. The first-order valence-corrected chi connectivity index (χ1v) is 8.36. The summed E-state index contributed by atoms with van der Waals surface area (Å²) < 4.78 is 5.63. The zero-order chi connectivity index (χ0) is 10.7. The smallest absolute Gasteiger partial charge is 0.225 e. The Kier molecular flexibility index (Phi) is 5.49. The Hall–Kier alpha value is 0.970. The first kappa shape index (κ1) is 13.0. The Morgan fingerprint density at radius 2 is 1.93 bits per heavy atom. The summed E-state index contributed by atoms with van der Waals surface area (Å²) in [6.07, 6.45) is 3.95. The van der Waals surface area contributed by atoms with Crippen LogP contribution in [-0.2, 0) is 4.52 Å². The van der Waals surface area contributed by atoms with Crippen LogP contribution in [0.5, 0.6) is 0 Å². The topological polar surface area (TPSA) is 9.23 Å². The summed E-state index contributed by atoms with van der Waals surface area (Å²) in [5.74, 6) is 2.04. The Bertz CT molecular complexity index is 174. The van der Waals surface area contributed by atoms with E-state index in [9.17, 15) is 0 Å². The molecule has 84 valence electrons. The van der Waals surface area contributed by atoms with Crippen molar-refractivity contribution in [3.05, 3.63) is 0 Å². The highest BCUT2D eigenvalue weighted by molar-refractivity contribution is 8.00. The molecule has 0 aromatic heterocycles. The Morgan fingerprint density at radius 3 is 2.43 bits per heavy atom. The van der Waals surface area contributed by atoms with Gasteiger partial charge in [0.1, 0.15) is 0 Å². The molecule has 0 heterocycles. The molecule has 0 bridgehead atoms. The molecule has 1 fully saturated rings. The van der Waals surface area contributed by atoms with Gasteiger partial charge in [-0.2, -0.15) is 0 Å². The lowest BCUT2D eigenvalue weighted by Gasteiger charge is -2.37. The summed E-state index contributed by atoms with van der Waals surface area (Å²) in [6.45, 7) is 5.53. The van der Waals surface area contributed by atoms with E-state index in [0.29, 0.717) is 11.8 Å². The minimum absolute atomic E-state index is 0.278. The third kappa shape index (κ3) is 3.85. The molecule has 0 unspecified atom stereocenters. The second kappa shape index (κ2) is 5.89. The Balaban J connectivity index is 2.54. The first-order chi connectivity index (χ1) is 6.50.